The zero-order valence-electron chi connectivity index (χ0n) is 9.28. The number of alkyl halides is 3. The van der Waals surface area contributed by atoms with Gasteiger partial charge in [-0.1, -0.05) is 6.92 Å². The van der Waals surface area contributed by atoms with E-state index in [1.165, 1.54) is 0 Å². The minimum absolute atomic E-state index is 0.125. The van der Waals surface area contributed by atoms with Crippen molar-refractivity contribution in [2.75, 3.05) is 19.6 Å². The molecular weight excluding hydrogens is 221 g/mol. The lowest BCUT2D eigenvalue weighted by Gasteiger charge is -2.34. The minimum Gasteiger partial charge on any atom is -0.355 e. The van der Waals surface area contributed by atoms with Crippen LogP contribution in [-0.2, 0) is 4.79 Å². The lowest BCUT2D eigenvalue weighted by atomic mass is 9.83. The quantitative estimate of drug-likeness (QED) is 0.781. The number of amides is 1. The molecule has 1 atom stereocenters. The van der Waals surface area contributed by atoms with Crippen molar-refractivity contribution in [3.63, 3.8) is 0 Å². The Bertz CT molecular complexity index is 247. The van der Waals surface area contributed by atoms with Crippen molar-refractivity contribution in [2.45, 2.75) is 32.4 Å². The molecule has 3 nitrogen and oxygen atoms in total. The van der Waals surface area contributed by atoms with Crippen molar-refractivity contribution in [1.82, 2.24) is 10.6 Å². The van der Waals surface area contributed by atoms with Crippen molar-refractivity contribution in [3.05, 3.63) is 0 Å². The van der Waals surface area contributed by atoms with E-state index >= 15 is 0 Å². The molecule has 0 aromatic rings. The summed E-state index contributed by atoms with van der Waals surface area (Å²) in [5, 5.41) is 5.52. The first-order valence-corrected chi connectivity index (χ1v) is 5.35. The zero-order valence-corrected chi connectivity index (χ0v) is 9.28. The molecule has 6 heteroatoms. The second-order valence-corrected chi connectivity index (χ2v) is 4.66. The van der Waals surface area contributed by atoms with Gasteiger partial charge in [-0.05, 0) is 24.8 Å². The Balaban J connectivity index is 2.30. The molecule has 0 radical (unpaired) electrons. The molecule has 1 fully saturated rings. The minimum atomic E-state index is -4.42. The zero-order chi connectivity index (χ0) is 12.2. The Labute approximate surface area is 92.8 Å². The van der Waals surface area contributed by atoms with E-state index < -0.39 is 18.5 Å². The average Bonchev–Trinajstić information content (AvgIpc) is 2.14. The molecule has 2 N–H and O–H groups in total. The van der Waals surface area contributed by atoms with Crippen molar-refractivity contribution >= 4 is 5.91 Å². The van der Waals surface area contributed by atoms with Crippen LogP contribution in [0.2, 0.25) is 0 Å². The van der Waals surface area contributed by atoms with Gasteiger partial charge in [-0.3, -0.25) is 4.79 Å². The normalized spacial score (nSPS) is 26.5. The first-order chi connectivity index (χ1) is 7.31. The molecule has 0 aromatic carbocycles. The highest BCUT2D eigenvalue weighted by Crippen LogP contribution is 2.24. The lowest BCUT2D eigenvalue weighted by molar-refractivity contribution is -0.154. The molecule has 0 saturated carbocycles. The second kappa shape index (κ2) is 5.03. The Kier molecular flexibility index (Phi) is 4.18. The van der Waals surface area contributed by atoms with Gasteiger partial charge in [0, 0.05) is 13.1 Å². The van der Waals surface area contributed by atoms with Gasteiger partial charge >= 0.3 is 6.18 Å². The molecule has 1 aliphatic rings. The number of halogens is 3. The van der Waals surface area contributed by atoms with E-state index in [9.17, 15) is 18.0 Å². The van der Waals surface area contributed by atoms with Gasteiger partial charge in [0.25, 0.3) is 0 Å². The molecule has 16 heavy (non-hydrogen) atoms. The maximum atomic E-state index is 11.9. The van der Waals surface area contributed by atoms with Gasteiger partial charge in [0.2, 0.25) is 5.91 Å². The summed E-state index contributed by atoms with van der Waals surface area (Å²) in [5.41, 5.74) is -0.125. The summed E-state index contributed by atoms with van der Waals surface area (Å²) < 4.78 is 35.7. The third kappa shape index (κ3) is 4.83. The van der Waals surface area contributed by atoms with E-state index in [-0.39, 0.29) is 5.41 Å². The second-order valence-electron chi connectivity index (χ2n) is 4.66. The van der Waals surface area contributed by atoms with Crippen LogP contribution in [0.5, 0.6) is 0 Å². The third-order valence-electron chi connectivity index (χ3n) is 2.76. The Hall–Kier alpha value is -0.780. The van der Waals surface area contributed by atoms with Crippen LogP contribution < -0.4 is 10.6 Å². The molecule has 1 amide bonds. The first-order valence-electron chi connectivity index (χ1n) is 5.35. The summed E-state index contributed by atoms with van der Waals surface area (Å²) in [6, 6.07) is 0. The summed E-state index contributed by atoms with van der Waals surface area (Å²) >= 11 is 0. The fourth-order valence-corrected chi connectivity index (χ4v) is 1.83. The predicted octanol–water partition coefficient (Wildman–Crippen LogP) is 1.44. The molecule has 94 valence electrons. The van der Waals surface area contributed by atoms with Crippen molar-refractivity contribution in [2.24, 2.45) is 5.41 Å². The summed E-state index contributed by atoms with van der Waals surface area (Å²) in [6.07, 6.45) is -3.90. The smallest absolute Gasteiger partial charge is 0.355 e. The van der Waals surface area contributed by atoms with Crippen LogP contribution in [0.4, 0.5) is 13.2 Å². The summed E-state index contributed by atoms with van der Waals surface area (Å²) in [7, 11) is 0. The molecule has 0 aliphatic carbocycles. The number of hydrogen-bond acceptors (Lipinski definition) is 2. The molecule has 0 bridgehead atoms. The van der Waals surface area contributed by atoms with Gasteiger partial charge in [0.1, 0.15) is 6.42 Å². The number of carbonyl (C=O) groups excluding carboxylic acids is 1. The van der Waals surface area contributed by atoms with E-state index in [0.29, 0.717) is 6.54 Å². The fourth-order valence-electron chi connectivity index (χ4n) is 1.83. The van der Waals surface area contributed by atoms with E-state index in [0.717, 1.165) is 25.9 Å². The summed E-state index contributed by atoms with van der Waals surface area (Å²) in [5.74, 6) is -0.945. The number of nitrogens with one attached hydrogen (secondary N) is 2. The lowest BCUT2D eigenvalue weighted by Crippen LogP contribution is -2.46. The van der Waals surface area contributed by atoms with Crippen LogP contribution in [0.15, 0.2) is 0 Å². The number of hydrogen-bond donors (Lipinski definition) is 2. The van der Waals surface area contributed by atoms with Crippen molar-refractivity contribution in [1.29, 1.82) is 0 Å². The SMILES string of the molecule is CC1(CNC(=O)CC(F)(F)F)CCCNC1. The van der Waals surface area contributed by atoms with Crippen LogP contribution in [0.25, 0.3) is 0 Å². The molecule has 0 aromatic heterocycles. The molecule has 1 unspecified atom stereocenters. The fraction of sp³-hybridized carbons (Fsp3) is 0.900. The highest BCUT2D eigenvalue weighted by atomic mass is 19.4. The maximum Gasteiger partial charge on any atom is 0.397 e. The van der Waals surface area contributed by atoms with Crippen LogP contribution in [0.3, 0.4) is 0 Å². The Morgan fingerprint density at radius 2 is 2.19 bits per heavy atom. The number of piperidine rings is 1. The Morgan fingerprint density at radius 1 is 1.50 bits per heavy atom. The van der Waals surface area contributed by atoms with E-state index in [2.05, 4.69) is 10.6 Å². The molecule has 0 spiro atoms. The predicted molar refractivity (Wildman–Crippen MR) is 53.9 cm³/mol. The highest BCUT2D eigenvalue weighted by Gasteiger charge is 2.32. The highest BCUT2D eigenvalue weighted by molar-refractivity contribution is 5.76. The molecule has 1 heterocycles. The van der Waals surface area contributed by atoms with Gasteiger partial charge in [-0.15, -0.1) is 0 Å². The largest absolute Gasteiger partial charge is 0.397 e. The molecule has 1 aliphatic heterocycles. The van der Waals surface area contributed by atoms with Crippen LogP contribution in [0, 0.1) is 5.41 Å². The average molecular weight is 238 g/mol. The van der Waals surface area contributed by atoms with E-state index in [4.69, 9.17) is 0 Å². The monoisotopic (exact) mass is 238 g/mol. The van der Waals surface area contributed by atoms with Gasteiger partial charge in [-0.25, -0.2) is 0 Å². The van der Waals surface area contributed by atoms with Gasteiger partial charge < -0.3 is 10.6 Å². The van der Waals surface area contributed by atoms with E-state index in [1.54, 1.807) is 0 Å². The van der Waals surface area contributed by atoms with Crippen molar-refractivity contribution in [3.8, 4) is 0 Å². The molecular formula is C10H17F3N2O. The topological polar surface area (TPSA) is 41.1 Å². The number of rotatable bonds is 3. The first kappa shape index (κ1) is 13.3. The summed E-state index contributed by atoms with van der Waals surface area (Å²) in [4.78, 5) is 11.0. The van der Waals surface area contributed by atoms with Gasteiger partial charge in [-0.2, -0.15) is 13.2 Å². The maximum absolute atomic E-state index is 11.9. The third-order valence-corrected chi connectivity index (χ3v) is 2.76. The van der Waals surface area contributed by atoms with E-state index in [1.807, 2.05) is 6.92 Å². The number of carbonyl (C=O) groups is 1. The molecule has 1 rings (SSSR count). The van der Waals surface area contributed by atoms with Crippen LogP contribution in [-0.4, -0.2) is 31.7 Å². The van der Waals surface area contributed by atoms with Crippen molar-refractivity contribution < 1.29 is 18.0 Å². The van der Waals surface area contributed by atoms with Crippen LogP contribution in [0.1, 0.15) is 26.2 Å². The summed E-state index contributed by atoms with van der Waals surface area (Å²) in [6.45, 7) is 3.94. The van der Waals surface area contributed by atoms with Gasteiger partial charge in [0.15, 0.2) is 0 Å². The van der Waals surface area contributed by atoms with Gasteiger partial charge in [0.05, 0.1) is 0 Å². The Morgan fingerprint density at radius 3 is 2.69 bits per heavy atom. The van der Waals surface area contributed by atoms with Crippen LogP contribution >= 0.6 is 0 Å². The standard InChI is InChI=1S/C10H17F3N2O/c1-9(3-2-4-14-6-9)7-15-8(16)5-10(11,12)13/h14H,2-7H2,1H3,(H,15,16). The molecule has 1 saturated heterocycles.